The van der Waals surface area contributed by atoms with Gasteiger partial charge >= 0.3 is 0 Å². The van der Waals surface area contributed by atoms with Crippen LogP contribution in [0.5, 0.6) is 0 Å². The van der Waals surface area contributed by atoms with Gasteiger partial charge in [0.1, 0.15) is 6.33 Å². The summed E-state index contributed by atoms with van der Waals surface area (Å²) < 4.78 is 0. The summed E-state index contributed by atoms with van der Waals surface area (Å²) in [5, 5.41) is 2.87. The molecule has 5 rings (SSSR count). The second kappa shape index (κ2) is 8.84. The Hall–Kier alpha value is -3.03. The van der Waals surface area contributed by atoms with Gasteiger partial charge in [-0.3, -0.25) is 19.8 Å². The highest BCUT2D eigenvalue weighted by atomic mass is 32.2. The standard InChI is InChI=1S/C25H24N4O2S/c1-16-7-9-29(10-8-16)14-18-3-2-4-19(11-18)23-20-12-17(5-6-21(20)26-15-27-23)13-22-24(30)28-25(31)32-22/h2-6,11-13,15-16H,7-10,14H2,1H3,(H,28,30,31). The molecule has 3 aromatic rings. The number of aromatic nitrogens is 2. The van der Waals surface area contributed by atoms with E-state index in [-0.39, 0.29) is 11.1 Å². The zero-order chi connectivity index (χ0) is 22.1. The first-order chi connectivity index (χ1) is 15.5. The summed E-state index contributed by atoms with van der Waals surface area (Å²) in [5.41, 5.74) is 4.86. The molecular formula is C25H24N4O2S. The van der Waals surface area contributed by atoms with E-state index in [1.165, 1.54) is 18.4 Å². The lowest BCUT2D eigenvalue weighted by Gasteiger charge is -2.30. The van der Waals surface area contributed by atoms with Gasteiger partial charge in [-0.25, -0.2) is 9.97 Å². The third-order valence-electron chi connectivity index (χ3n) is 6.08. The van der Waals surface area contributed by atoms with E-state index >= 15 is 0 Å². The smallest absolute Gasteiger partial charge is 0.290 e. The van der Waals surface area contributed by atoms with E-state index in [4.69, 9.17) is 0 Å². The Morgan fingerprint density at radius 2 is 1.97 bits per heavy atom. The molecule has 0 bridgehead atoms. The molecular weight excluding hydrogens is 420 g/mol. The number of nitrogens with one attached hydrogen (secondary N) is 1. The summed E-state index contributed by atoms with van der Waals surface area (Å²) in [6, 6.07) is 14.3. The molecule has 32 heavy (non-hydrogen) atoms. The van der Waals surface area contributed by atoms with Gasteiger partial charge < -0.3 is 0 Å². The van der Waals surface area contributed by atoms with Crippen LogP contribution in [0.25, 0.3) is 28.2 Å². The first kappa shape index (κ1) is 20.8. The van der Waals surface area contributed by atoms with Crippen molar-refractivity contribution in [2.75, 3.05) is 13.1 Å². The van der Waals surface area contributed by atoms with Crippen LogP contribution in [-0.4, -0.2) is 39.1 Å². The van der Waals surface area contributed by atoms with E-state index in [0.29, 0.717) is 4.91 Å². The SMILES string of the molecule is CC1CCN(Cc2cccc(-c3ncnc4ccc(C=C5SC(=O)NC5=O)cc34)c2)CC1. The summed E-state index contributed by atoms with van der Waals surface area (Å²) in [7, 11) is 0. The Balaban J connectivity index is 1.47. The minimum Gasteiger partial charge on any atom is -0.299 e. The molecule has 3 heterocycles. The molecule has 2 saturated heterocycles. The van der Waals surface area contributed by atoms with Crippen molar-refractivity contribution in [2.45, 2.75) is 26.3 Å². The zero-order valence-corrected chi connectivity index (χ0v) is 18.7. The van der Waals surface area contributed by atoms with E-state index in [1.807, 2.05) is 18.2 Å². The first-order valence-electron chi connectivity index (χ1n) is 10.9. The molecule has 0 atom stereocenters. The second-order valence-corrected chi connectivity index (χ2v) is 9.52. The van der Waals surface area contributed by atoms with E-state index < -0.39 is 0 Å². The highest BCUT2D eigenvalue weighted by molar-refractivity contribution is 8.18. The van der Waals surface area contributed by atoms with Gasteiger partial charge in [-0.15, -0.1) is 0 Å². The van der Waals surface area contributed by atoms with Crippen LogP contribution in [0.15, 0.2) is 53.7 Å². The van der Waals surface area contributed by atoms with E-state index in [2.05, 4.69) is 51.4 Å². The Bertz CT molecular complexity index is 1230. The van der Waals surface area contributed by atoms with Crippen LogP contribution in [0, 0.1) is 5.92 Å². The predicted octanol–water partition coefficient (Wildman–Crippen LogP) is 4.85. The van der Waals surface area contributed by atoms with Crippen molar-refractivity contribution in [2.24, 2.45) is 5.92 Å². The molecule has 1 aromatic heterocycles. The lowest BCUT2D eigenvalue weighted by molar-refractivity contribution is -0.115. The number of piperidine rings is 1. The Morgan fingerprint density at radius 1 is 1.12 bits per heavy atom. The lowest BCUT2D eigenvalue weighted by Crippen LogP contribution is -2.32. The fraction of sp³-hybridized carbons (Fsp3) is 0.280. The maximum Gasteiger partial charge on any atom is 0.290 e. The van der Waals surface area contributed by atoms with Crippen LogP contribution in [0.2, 0.25) is 0 Å². The summed E-state index contributed by atoms with van der Waals surface area (Å²) in [6.07, 6.45) is 5.84. The molecule has 1 N–H and O–H groups in total. The van der Waals surface area contributed by atoms with Crippen molar-refractivity contribution < 1.29 is 9.59 Å². The molecule has 0 radical (unpaired) electrons. The molecule has 162 valence electrons. The molecule has 2 aliphatic heterocycles. The van der Waals surface area contributed by atoms with Crippen molar-refractivity contribution in [1.82, 2.24) is 20.2 Å². The number of amides is 2. The molecule has 6 nitrogen and oxygen atoms in total. The maximum atomic E-state index is 11.9. The number of thioether (sulfide) groups is 1. The van der Waals surface area contributed by atoms with Crippen LogP contribution in [0.4, 0.5) is 4.79 Å². The van der Waals surface area contributed by atoms with Crippen LogP contribution >= 0.6 is 11.8 Å². The van der Waals surface area contributed by atoms with Gasteiger partial charge in [-0.1, -0.05) is 31.2 Å². The highest BCUT2D eigenvalue weighted by Crippen LogP contribution is 2.30. The fourth-order valence-electron chi connectivity index (χ4n) is 4.26. The highest BCUT2D eigenvalue weighted by Gasteiger charge is 2.25. The normalized spacial score (nSPS) is 19.1. The Labute approximate surface area is 191 Å². The van der Waals surface area contributed by atoms with Crippen molar-refractivity contribution >= 4 is 39.9 Å². The number of benzene rings is 2. The number of hydrogen-bond donors (Lipinski definition) is 1. The number of carbonyl (C=O) groups excluding carboxylic acids is 2. The molecule has 0 saturated carbocycles. The van der Waals surface area contributed by atoms with E-state index in [1.54, 1.807) is 12.4 Å². The largest absolute Gasteiger partial charge is 0.299 e. The predicted molar refractivity (Wildman–Crippen MR) is 128 cm³/mol. The van der Waals surface area contributed by atoms with Crippen LogP contribution in [-0.2, 0) is 11.3 Å². The van der Waals surface area contributed by atoms with E-state index in [0.717, 1.165) is 65.0 Å². The number of rotatable bonds is 4. The number of likely N-dealkylation sites (tertiary alicyclic amines) is 1. The minimum absolute atomic E-state index is 0.342. The zero-order valence-electron chi connectivity index (χ0n) is 17.9. The molecule has 2 fully saturated rings. The van der Waals surface area contributed by atoms with Crippen LogP contribution in [0.1, 0.15) is 30.9 Å². The summed E-state index contributed by atoms with van der Waals surface area (Å²) in [5.74, 6) is 0.463. The number of fused-ring (bicyclic) bond motifs is 1. The molecule has 2 aromatic carbocycles. The van der Waals surface area contributed by atoms with Gasteiger partial charge in [0.25, 0.3) is 11.1 Å². The first-order valence-corrected chi connectivity index (χ1v) is 11.7. The van der Waals surface area contributed by atoms with Crippen molar-refractivity contribution in [3.05, 3.63) is 64.8 Å². The molecule has 0 spiro atoms. The summed E-state index contributed by atoms with van der Waals surface area (Å²) >= 11 is 0.919. The number of nitrogens with zero attached hydrogens (tertiary/aromatic N) is 3. The maximum absolute atomic E-state index is 11.9. The van der Waals surface area contributed by atoms with Crippen molar-refractivity contribution in [3.8, 4) is 11.3 Å². The molecule has 2 amide bonds. The van der Waals surface area contributed by atoms with Gasteiger partial charge in [0, 0.05) is 17.5 Å². The van der Waals surface area contributed by atoms with Crippen molar-refractivity contribution in [1.29, 1.82) is 0 Å². The van der Waals surface area contributed by atoms with Gasteiger partial charge in [-0.05, 0) is 79.0 Å². The fourth-order valence-corrected chi connectivity index (χ4v) is 4.94. The average molecular weight is 445 g/mol. The Morgan fingerprint density at radius 3 is 2.75 bits per heavy atom. The number of carbonyl (C=O) groups is 2. The molecule has 0 aliphatic carbocycles. The van der Waals surface area contributed by atoms with Gasteiger partial charge in [0.2, 0.25) is 0 Å². The van der Waals surface area contributed by atoms with Crippen molar-refractivity contribution in [3.63, 3.8) is 0 Å². The van der Waals surface area contributed by atoms with Crippen LogP contribution < -0.4 is 5.32 Å². The number of hydrogen-bond acceptors (Lipinski definition) is 6. The second-order valence-electron chi connectivity index (χ2n) is 8.51. The van der Waals surface area contributed by atoms with Gasteiger partial charge in [0.05, 0.1) is 16.1 Å². The third-order valence-corrected chi connectivity index (χ3v) is 6.89. The van der Waals surface area contributed by atoms with Gasteiger partial charge in [0.15, 0.2) is 0 Å². The van der Waals surface area contributed by atoms with Gasteiger partial charge in [-0.2, -0.15) is 0 Å². The topological polar surface area (TPSA) is 75.2 Å². The monoisotopic (exact) mass is 444 g/mol. The quantitative estimate of drug-likeness (QED) is 0.580. The molecule has 7 heteroatoms. The molecule has 2 aliphatic rings. The lowest BCUT2D eigenvalue weighted by atomic mass is 9.98. The average Bonchev–Trinajstić information content (AvgIpc) is 3.11. The van der Waals surface area contributed by atoms with Crippen LogP contribution in [0.3, 0.4) is 0 Å². The summed E-state index contributed by atoms with van der Waals surface area (Å²) in [4.78, 5) is 35.3. The summed E-state index contributed by atoms with van der Waals surface area (Å²) in [6.45, 7) is 5.57. The minimum atomic E-state index is -0.357. The Kier molecular flexibility index (Phi) is 5.76. The molecule has 0 unspecified atom stereocenters. The number of imide groups is 1. The third kappa shape index (κ3) is 4.45. The van der Waals surface area contributed by atoms with E-state index in [9.17, 15) is 9.59 Å².